The van der Waals surface area contributed by atoms with Crippen molar-refractivity contribution in [1.29, 1.82) is 0 Å². The largest absolute Gasteiger partial charge is 0.439 e. The van der Waals surface area contributed by atoms with Crippen molar-refractivity contribution in [2.45, 2.75) is 25.8 Å². The van der Waals surface area contributed by atoms with Crippen LogP contribution in [-0.2, 0) is 0 Å². The van der Waals surface area contributed by atoms with Gasteiger partial charge in [-0.1, -0.05) is 0 Å². The van der Waals surface area contributed by atoms with Crippen LogP contribution >= 0.6 is 0 Å². The summed E-state index contributed by atoms with van der Waals surface area (Å²) in [5, 5.41) is 12.3. The molecule has 0 radical (unpaired) electrons. The maximum atomic E-state index is 6.20. The molecule has 1 atom stereocenters. The second-order valence-electron chi connectivity index (χ2n) is 8.80. The molecule has 1 saturated heterocycles. The minimum Gasteiger partial charge on any atom is -0.439 e. The van der Waals surface area contributed by atoms with Gasteiger partial charge in [-0.3, -0.25) is 4.40 Å². The number of piperidine rings is 1. The first-order valence-corrected chi connectivity index (χ1v) is 11.6. The number of benzene rings is 2. The van der Waals surface area contributed by atoms with Gasteiger partial charge >= 0.3 is 0 Å². The van der Waals surface area contributed by atoms with Crippen LogP contribution in [0.4, 0.5) is 17.2 Å². The molecule has 3 N–H and O–H groups in total. The van der Waals surface area contributed by atoms with Crippen molar-refractivity contribution < 1.29 is 4.74 Å². The molecule has 176 valence electrons. The molecule has 0 bridgehead atoms. The molecule has 5 aromatic rings. The van der Waals surface area contributed by atoms with Crippen molar-refractivity contribution in [2.24, 2.45) is 5.73 Å². The van der Waals surface area contributed by atoms with Crippen LogP contribution in [0.2, 0.25) is 0 Å². The molecule has 1 unspecified atom stereocenters. The molecule has 1 aliphatic rings. The van der Waals surface area contributed by atoms with Gasteiger partial charge in [0, 0.05) is 42.0 Å². The van der Waals surface area contributed by atoms with E-state index in [9.17, 15) is 0 Å². The van der Waals surface area contributed by atoms with E-state index in [-0.39, 0.29) is 6.04 Å². The summed E-state index contributed by atoms with van der Waals surface area (Å²) in [4.78, 5) is 15.6. The van der Waals surface area contributed by atoms with Crippen LogP contribution in [0.5, 0.6) is 11.6 Å². The SMILES string of the molecule is Cc1cc(Nc2ncnc3ccc(N4CCCC(N)C4)cc23)ccc1Oc1cc2nncn2cn1. The first kappa shape index (κ1) is 21.2. The highest BCUT2D eigenvalue weighted by Crippen LogP contribution is 2.31. The molecule has 6 rings (SSSR count). The van der Waals surface area contributed by atoms with Crippen LogP contribution < -0.4 is 20.7 Å². The third-order valence-corrected chi connectivity index (χ3v) is 6.26. The van der Waals surface area contributed by atoms with Crippen molar-refractivity contribution in [3.63, 3.8) is 0 Å². The van der Waals surface area contributed by atoms with E-state index in [2.05, 4.69) is 47.5 Å². The molecule has 0 saturated carbocycles. The Morgan fingerprint density at radius 3 is 2.89 bits per heavy atom. The Labute approximate surface area is 201 Å². The normalized spacial score (nSPS) is 16.1. The van der Waals surface area contributed by atoms with E-state index >= 15 is 0 Å². The smallest absolute Gasteiger partial charge is 0.224 e. The van der Waals surface area contributed by atoms with E-state index in [1.54, 1.807) is 29.4 Å². The maximum absolute atomic E-state index is 6.20. The lowest BCUT2D eigenvalue weighted by molar-refractivity contribution is 0.458. The zero-order valence-electron chi connectivity index (χ0n) is 19.3. The van der Waals surface area contributed by atoms with Gasteiger partial charge in [0.2, 0.25) is 5.88 Å². The Bertz CT molecular complexity index is 1520. The first-order chi connectivity index (χ1) is 17.1. The summed E-state index contributed by atoms with van der Waals surface area (Å²) in [7, 11) is 0. The average molecular weight is 468 g/mol. The Balaban J connectivity index is 1.25. The molecular weight excluding hydrogens is 442 g/mol. The molecule has 10 nitrogen and oxygen atoms in total. The van der Waals surface area contributed by atoms with Crippen LogP contribution in [0, 0.1) is 6.92 Å². The van der Waals surface area contributed by atoms with E-state index in [1.165, 1.54) is 0 Å². The summed E-state index contributed by atoms with van der Waals surface area (Å²) >= 11 is 0. The molecule has 35 heavy (non-hydrogen) atoms. The monoisotopic (exact) mass is 467 g/mol. The standard InChI is InChI=1S/C25H25N9O/c1-16-9-18(4-7-22(16)35-24-11-23-32-30-15-34(23)14-29-24)31-25-20-10-19(5-6-21(20)27-13-28-25)33-8-2-3-17(26)12-33/h4-7,9-11,13-15,17H,2-3,8,12,26H2,1H3,(H,27,28,31). The lowest BCUT2D eigenvalue weighted by Crippen LogP contribution is -2.42. The zero-order chi connectivity index (χ0) is 23.8. The number of fused-ring (bicyclic) bond motifs is 2. The lowest BCUT2D eigenvalue weighted by Gasteiger charge is -2.32. The molecule has 3 aromatic heterocycles. The number of anilines is 3. The molecule has 0 aliphatic carbocycles. The van der Waals surface area contributed by atoms with E-state index in [0.29, 0.717) is 17.3 Å². The molecule has 1 fully saturated rings. The second-order valence-corrected chi connectivity index (χ2v) is 8.80. The van der Waals surface area contributed by atoms with Gasteiger partial charge in [0.15, 0.2) is 5.65 Å². The number of hydrogen-bond acceptors (Lipinski definition) is 9. The van der Waals surface area contributed by atoms with Gasteiger partial charge in [0.25, 0.3) is 0 Å². The number of aromatic nitrogens is 6. The van der Waals surface area contributed by atoms with Gasteiger partial charge in [-0.05, 0) is 61.7 Å². The van der Waals surface area contributed by atoms with Crippen LogP contribution in [-0.4, -0.2) is 48.7 Å². The highest BCUT2D eigenvalue weighted by molar-refractivity contribution is 5.93. The lowest BCUT2D eigenvalue weighted by atomic mass is 10.1. The fourth-order valence-corrected chi connectivity index (χ4v) is 4.44. The summed E-state index contributed by atoms with van der Waals surface area (Å²) in [6, 6.07) is 14.1. The van der Waals surface area contributed by atoms with Gasteiger partial charge in [0.1, 0.15) is 30.5 Å². The van der Waals surface area contributed by atoms with Crippen LogP contribution in [0.3, 0.4) is 0 Å². The third kappa shape index (κ3) is 4.31. The molecular formula is C25H25N9O. The predicted octanol–water partition coefficient (Wildman–Crippen LogP) is 3.84. The highest BCUT2D eigenvalue weighted by Gasteiger charge is 2.18. The Hall–Kier alpha value is -4.31. The van der Waals surface area contributed by atoms with E-state index < -0.39 is 0 Å². The minimum atomic E-state index is 0.210. The zero-order valence-corrected chi connectivity index (χ0v) is 19.3. The van der Waals surface area contributed by atoms with Crippen LogP contribution in [0.25, 0.3) is 16.6 Å². The quantitative estimate of drug-likeness (QED) is 0.397. The van der Waals surface area contributed by atoms with E-state index in [1.807, 2.05) is 31.2 Å². The number of aryl methyl sites for hydroxylation is 1. The Morgan fingerprint density at radius 2 is 2.00 bits per heavy atom. The fraction of sp³-hybridized carbons (Fsp3) is 0.240. The average Bonchev–Trinajstić information content (AvgIpc) is 3.34. The van der Waals surface area contributed by atoms with Crippen LogP contribution in [0.15, 0.2) is 61.4 Å². The number of rotatable bonds is 5. The minimum absolute atomic E-state index is 0.210. The van der Waals surface area contributed by atoms with Crippen molar-refractivity contribution in [2.75, 3.05) is 23.3 Å². The van der Waals surface area contributed by atoms with Crippen molar-refractivity contribution >= 4 is 33.7 Å². The summed E-state index contributed by atoms with van der Waals surface area (Å²) in [6.07, 6.45) is 6.98. The first-order valence-electron chi connectivity index (χ1n) is 11.6. The predicted molar refractivity (Wildman–Crippen MR) is 134 cm³/mol. The summed E-state index contributed by atoms with van der Waals surface area (Å²) in [6.45, 7) is 3.86. The van der Waals surface area contributed by atoms with Crippen molar-refractivity contribution in [3.05, 3.63) is 67.0 Å². The number of ether oxygens (including phenoxy) is 1. The van der Waals surface area contributed by atoms with Crippen molar-refractivity contribution in [1.82, 2.24) is 29.5 Å². The van der Waals surface area contributed by atoms with Crippen LogP contribution in [0.1, 0.15) is 18.4 Å². The van der Waals surface area contributed by atoms with Gasteiger partial charge in [-0.2, -0.15) is 0 Å². The van der Waals surface area contributed by atoms with E-state index in [0.717, 1.165) is 59.6 Å². The summed E-state index contributed by atoms with van der Waals surface area (Å²) in [5.74, 6) is 1.93. The summed E-state index contributed by atoms with van der Waals surface area (Å²) in [5.41, 5.74) is 10.8. The van der Waals surface area contributed by atoms with Crippen molar-refractivity contribution in [3.8, 4) is 11.6 Å². The number of nitrogens with two attached hydrogens (primary N) is 1. The Morgan fingerprint density at radius 1 is 1.06 bits per heavy atom. The van der Waals surface area contributed by atoms with Gasteiger partial charge in [0.05, 0.1) is 5.52 Å². The number of nitrogens with one attached hydrogen (secondary N) is 1. The second kappa shape index (κ2) is 8.80. The molecule has 4 heterocycles. The van der Waals surface area contributed by atoms with Gasteiger partial charge in [-0.25, -0.2) is 15.0 Å². The van der Waals surface area contributed by atoms with E-state index in [4.69, 9.17) is 10.5 Å². The number of nitrogens with zero attached hydrogens (tertiary/aromatic N) is 7. The maximum Gasteiger partial charge on any atom is 0.224 e. The summed E-state index contributed by atoms with van der Waals surface area (Å²) < 4.78 is 7.72. The molecule has 1 aliphatic heterocycles. The molecule has 2 aromatic carbocycles. The number of hydrogen-bond donors (Lipinski definition) is 2. The van der Waals surface area contributed by atoms with Gasteiger partial charge in [-0.15, -0.1) is 10.2 Å². The molecule has 0 amide bonds. The van der Waals surface area contributed by atoms with Gasteiger partial charge < -0.3 is 20.7 Å². The third-order valence-electron chi connectivity index (χ3n) is 6.26. The fourth-order valence-electron chi connectivity index (χ4n) is 4.44. The topological polar surface area (TPSA) is 119 Å². The molecule has 0 spiro atoms. The molecule has 10 heteroatoms. The Kier molecular flexibility index (Phi) is 5.34. The highest BCUT2D eigenvalue weighted by atomic mass is 16.5.